The predicted molar refractivity (Wildman–Crippen MR) is 346 cm³/mol. The number of hydrogen-bond donors (Lipinski definition) is 12. The number of rotatable bonds is 56. The molecule has 3 aliphatic rings. The molecule has 0 spiro atoms. The molecule has 89 heavy (non-hydrogen) atoms. The van der Waals surface area contributed by atoms with Crippen molar-refractivity contribution < 1.29 is 89.4 Å². The summed E-state index contributed by atoms with van der Waals surface area (Å²) < 4.78 is 34.4. The number of allylic oxidation sites excluding steroid dienone is 4. The largest absolute Gasteiger partial charge is 0.394 e. The van der Waals surface area contributed by atoms with Gasteiger partial charge in [0.25, 0.3) is 0 Å². The Labute approximate surface area is 537 Å². The minimum Gasteiger partial charge on any atom is -0.394 e. The highest BCUT2D eigenvalue weighted by atomic mass is 16.8. The molecule has 0 radical (unpaired) electrons. The summed E-state index contributed by atoms with van der Waals surface area (Å²) >= 11 is 0. The van der Waals surface area contributed by atoms with Gasteiger partial charge in [0.15, 0.2) is 18.9 Å². The Balaban J connectivity index is 1.36. The molecule has 0 aromatic heterocycles. The normalized spacial score (nSPS) is 28.3. The Morgan fingerprint density at radius 1 is 0.404 bits per heavy atom. The summed E-state index contributed by atoms with van der Waals surface area (Å²) in [4.78, 5) is 13.4. The molecule has 3 aliphatic heterocycles. The molecule has 0 aliphatic carbocycles. The minimum atomic E-state index is -1.97. The van der Waals surface area contributed by atoms with Crippen LogP contribution in [0, 0.1) is 0 Å². The fourth-order valence-corrected chi connectivity index (χ4v) is 12.4. The molecule has 12 N–H and O–H groups in total. The van der Waals surface area contributed by atoms with Crippen LogP contribution in [-0.2, 0) is 33.2 Å². The molecule has 0 aromatic carbocycles. The van der Waals surface area contributed by atoms with Gasteiger partial charge in [-0.1, -0.05) is 263 Å². The first-order valence-corrected chi connectivity index (χ1v) is 36.1. The third-order valence-electron chi connectivity index (χ3n) is 18.3. The molecule has 3 heterocycles. The number of unbranched alkanes of at least 4 members (excludes halogenated alkanes) is 36. The quantitative estimate of drug-likeness (QED) is 0.0199. The maximum atomic E-state index is 13.4. The van der Waals surface area contributed by atoms with Crippen LogP contribution in [0.25, 0.3) is 0 Å². The highest BCUT2D eigenvalue weighted by Gasteiger charge is 2.53. The number of nitrogens with one attached hydrogen (secondary N) is 1. The minimum absolute atomic E-state index is 0.251. The van der Waals surface area contributed by atoms with Crippen LogP contribution >= 0.6 is 0 Å². The second-order valence-corrected chi connectivity index (χ2v) is 26.1. The Bertz CT molecular complexity index is 1710. The lowest BCUT2D eigenvalue weighted by atomic mass is 9.96. The molecular weight excluding hydrogens is 1140 g/mol. The topological polar surface area (TPSA) is 307 Å². The second-order valence-electron chi connectivity index (χ2n) is 26.1. The van der Waals surface area contributed by atoms with Crippen molar-refractivity contribution in [3.8, 4) is 0 Å². The summed E-state index contributed by atoms with van der Waals surface area (Å²) in [6.07, 6.45) is 32.9. The second kappa shape index (κ2) is 52.5. The molecule has 524 valence electrons. The fraction of sp³-hybridized carbons (Fsp3) is 0.929. The van der Waals surface area contributed by atoms with Crippen LogP contribution in [0.1, 0.15) is 284 Å². The molecule has 17 atom stereocenters. The molecule has 3 rings (SSSR count). The van der Waals surface area contributed by atoms with E-state index in [0.29, 0.717) is 12.8 Å². The van der Waals surface area contributed by atoms with Crippen LogP contribution in [-0.4, -0.2) is 193 Å². The molecule has 17 unspecified atom stereocenters. The lowest BCUT2D eigenvalue weighted by Gasteiger charge is -2.48. The molecule has 0 saturated carbocycles. The summed E-state index contributed by atoms with van der Waals surface area (Å²) in [5, 5.41) is 121. The van der Waals surface area contributed by atoms with Gasteiger partial charge in [-0.2, -0.15) is 0 Å². The number of ether oxygens (including phenoxy) is 6. The zero-order chi connectivity index (χ0) is 64.7. The number of aliphatic hydroxyl groups excluding tert-OH is 11. The van der Waals surface area contributed by atoms with Crippen molar-refractivity contribution in [2.24, 2.45) is 0 Å². The third kappa shape index (κ3) is 34.5. The summed E-state index contributed by atoms with van der Waals surface area (Å²) in [6, 6.07) is -0.894. The van der Waals surface area contributed by atoms with E-state index in [-0.39, 0.29) is 18.9 Å². The Morgan fingerprint density at radius 2 is 0.764 bits per heavy atom. The number of hydrogen-bond acceptors (Lipinski definition) is 18. The highest BCUT2D eigenvalue weighted by Crippen LogP contribution is 2.33. The van der Waals surface area contributed by atoms with Crippen molar-refractivity contribution in [3.63, 3.8) is 0 Å². The predicted octanol–water partition coefficient (Wildman–Crippen LogP) is 9.83. The fourth-order valence-electron chi connectivity index (χ4n) is 12.4. The molecule has 0 bridgehead atoms. The van der Waals surface area contributed by atoms with Crippen molar-refractivity contribution in [3.05, 3.63) is 24.3 Å². The molecule has 19 nitrogen and oxygen atoms in total. The van der Waals surface area contributed by atoms with E-state index in [0.717, 1.165) is 77.0 Å². The third-order valence-corrected chi connectivity index (χ3v) is 18.3. The zero-order valence-electron chi connectivity index (χ0n) is 55.4. The van der Waals surface area contributed by atoms with Crippen LogP contribution in [0.2, 0.25) is 0 Å². The average Bonchev–Trinajstić information content (AvgIpc) is 2.38. The maximum absolute atomic E-state index is 13.4. The zero-order valence-corrected chi connectivity index (χ0v) is 55.4. The van der Waals surface area contributed by atoms with Crippen molar-refractivity contribution in [2.75, 3.05) is 26.4 Å². The lowest BCUT2D eigenvalue weighted by Crippen LogP contribution is -2.66. The standard InChI is InChI=1S/C70H131NO18/c1-3-5-7-9-11-13-15-17-18-19-20-21-22-23-24-25-26-27-28-29-30-31-32-33-34-36-37-39-41-43-45-47-54(75)53(71-58(76)48-46-44-42-40-38-35-16-14-12-10-8-6-4-2)52-84-68-64(82)61(79)66(56(50-73)86-68)89-70-65(83)62(80)67(57(51-74)87-70)88-69-63(81)60(78)59(77)55(49-72)85-69/h8,10,14,16,53-57,59-70,72-75,77-83H,3-7,9,11-13,15,17-52H2,1-2H3,(H,71,76)/b10-8-,16-14-. The lowest BCUT2D eigenvalue weighted by molar-refractivity contribution is -0.379. The van der Waals surface area contributed by atoms with E-state index in [1.165, 1.54) is 173 Å². The van der Waals surface area contributed by atoms with Crippen molar-refractivity contribution in [1.29, 1.82) is 0 Å². The number of amides is 1. The number of carbonyl (C=O) groups is 1. The maximum Gasteiger partial charge on any atom is 0.220 e. The first-order valence-electron chi connectivity index (χ1n) is 36.1. The van der Waals surface area contributed by atoms with Gasteiger partial charge in [-0.3, -0.25) is 4.79 Å². The van der Waals surface area contributed by atoms with Crippen LogP contribution in [0.5, 0.6) is 0 Å². The van der Waals surface area contributed by atoms with Gasteiger partial charge >= 0.3 is 0 Å². The Kier molecular flexibility index (Phi) is 48.1. The van der Waals surface area contributed by atoms with E-state index in [1.54, 1.807) is 0 Å². The van der Waals surface area contributed by atoms with Gasteiger partial charge < -0.3 is 89.9 Å². The van der Waals surface area contributed by atoms with E-state index < -0.39 is 124 Å². The monoisotopic (exact) mass is 1270 g/mol. The van der Waals surface area contributed by atoms with Gasteiger partial charge in [0.1, 0.15) is 73.2 Å². The summed E-state index contributed by atoms with van der Waals surface area (Å²) in [6.45, 7) is 1.74. The van der Waals surface area contributed by atoms with E-state index in [2.05, 4.69) is 43.5 Å². The smallest absolute Gasteiger partial charge is 0.220 e. The Morgan fingerprint density at radius 3 is 1.19 bits per heavy atom. The van der Waals surface area contributed by atoms with Gasteiger partial charge in [-0.15, -0.1) is 0 Å². The van der Waals surface area contributed by atoms with Gasteiger partial charge in [0.05, 0.1) is 38.6 Å². The van der Waals surface area contributed by atoms with E-state index in [1.807, 2.05) is 0 Å². The van der Waals surface area contributed by atoms with E-state index in [9.17, 15) is 61.0 Å². The van der Waals surface area contributed by atoms with Gasteiger partial charge in [0.2, 0.25) is 5.91 Å². The van der Waals surface area contributed by atoms with Crippen molar-refractivity contribution in [1.82, 2.24) is 5.32 Å². The number of aliphatic hydroxyl groups is 11. The summed E-state index contributed by atoms with van der Waals surface area (Å²) in [5.74, 6) is -0.255. The first kappa shape index (κ1) is 81.5. The van der Waals surface area contributed by atoms with Gasteiger partial charge in [-0.25, -0.2) is 0 Å². The number of carbonyl (C=O) groups excluding carboxylic acids is 1. The molecule has 3 fully saturated rings. The summed E-state index contributed by atoms with van der Waals surface area (Å²) in [7, 11) is 0. The molecule has 1 amide bonds. The van der Waals surface area contributed by atoms with Crippen LogP contribution < -0.4 is 5.32 Å². The van der Waals surface area contributed by atoms with E-state index in [4.69, 9.17) is 28.4 Å². The van der Waals surface area contributed by atoms with Crippen LogP contribution in [0.4, 0.5) is 0 Å². The van der Waals surface area contributed by atoms with E-state index >= 15 is 0 Å². The van der Waals surface area contributed by atoms with Gasteiger partial charge in [-0.05, 0) is 38.5 Å². The highest BCUT2D eigenvalue weighted by molar-refractivity contribution is 5.76. The van der Waals surface area contributed by atoms with Crippen molar-refractivity contribution >= 4 is 5.91 Å². The molecule has 3 saturated heterocycles. The average molecular weight is 1270 g/mol. The molecule has 0 aromatic rings. The molecule has 19 heteroatoms. The molecular formula is C70H131NO18. The van der Waals surface area contributed by atoms with Crippen molar-refractivity contribution in [2.45, 2.75) is 388 Å². The first-order chi connectivity index (χ1) is 43.3. The SMILES string of the molecule is CCC/C=C\C/C=C\CCCCCCCC(=O)NC(COC1OC(CO)C(OC2OC(CO)C(OC3OC(CO)C(O)C(O)C3O)C(O)C2O)C(O)C1O)C(O)CCCCCCCCCCCCCCCCCCCCCCCCCCCCCCCCC. The Hall–Kier alpha value is -1.73. The van der Waals surface area contributed by atoms with Gasteiger partial charge in [0, 0.05) is 6.42 Å². The van der Waals surface area contributed by atoms with Crippen LogP contribution in [0.15, 0.2) is 24.3 Å². The van der Waals surface area contributed by atoms with Crippen LogP contribution in [0.3, 0.4) is 0 Å². The summed E-state index contributed by atoms with van der Waals surface area (Å²) in [5.41, 5.74) is 0.